The number of amides is 1. The Morgan fingerprint density at radius 2 is 1.67 bits per heavy atom. The third-order valence-electron chi connectivity index (χ3n) is 4.10. The van der Waals surface area contributed by atoms with Crippen LogP contribution in [-0.4, -0.2) is 39.5 Å². The van der Waals surface area contributed by atoms with Crippen LogP contribution in [0, 0.1) is 0 Å². The summed E-state index contributed by atoms with van der Waals surface area (Å²) in [5.41, 5.74) is 1.85. The second-order valence-corrected chi connectivity index (χ2v) is 8.81. The van der Waals surface area contributed by atoms with Crippen LogP contribution in [0.3, 0.4) is 0 Å². The molecule has 146 valence electrons. The first kappa shape index (κ1) is 21.0. The highest BCUT2D eigenvalue weighted by molar-refractivity contribution is 7.90. The average molecular weight is 390 g/mol. The maximum absolute atomic E-state index is 11.9. The number of nitrogens with one attached hydrogen (secondary N) is 1. The first-order valence-electron chi connectivity index (χ1n) is 9.17. The van der Waals surface area contributed by atoms with Gasteiger partial charge in [0.2, 0.25) is 0 Å². The van der Waals surface area contributed by atoms with Gasteiger partial charge < -0.3 is 10.1 Å². The Morgan fingerprint density at radius 1 is 0.963 bits per heavy atom. The molecule has 1 amide bonds. The number of ether oxygens (including phenoxy) is 1. The number of carbonyl (C=O) groups excluding carboxylic acids is 1. The standard InChI is InChI=1S/C21H27NO4S/c1-27(24,25)17-15-22-21(23)19-11-13-20(14-12-19)26-16-7-3-6-10-18-8-4-2-5-9-18/h2,4-5,8-9,11-14H,3,6-7,10,15-17H2,1H3,(H,22,23). The lowest BCUT2D eigenvalue weighted by Crippen LogP contribution is -2.28. The van der Waals surface area contributed by atoms with Crippen molar-refractivity contribution in [3.63, 3.8) is 0 Å². The number of hydrogen-bond acceptors (Lipinski definition) is 4. The highest BCUT2D eigenvalue weighted by Crippen LogP contribution is 2.13. The van der Waals surface area contributed by atoms with Crippen molar-refractivity contribution >= 4 is 15.7 Å². The fourth-order valence-electron chi connectivity index (χ4n) is 2.60. The van der Waals surface area contributed by atoms with Crippen LogP contribution < -0.4 is 10.1 Å². The molecule has 6 heteroatoms. The van der Waals surface area contributed by atoms with E-state index in [1.807, 2.05) is 6.07 Å². The molecule has 0 fully saturated rings. The van der Waals surface area contributed by atoms with Gasteiger partial charge in [0.25, 0.3) is 5.91 Å². The zero-order valence-electron chi connectivity index (χ0n) is 15.7. The topological polar surface area (TPSA) is 72.5 Å². The van der Waals surface area contributed by atoms with Crippen LogP contribution in [0.2, 0.25) is 0 Å². The van der Waals surface area contributed by atoms with Gasteiger partial charge in [-0.2, -0.15) is 0 Å². The minimum absolute atomic E-state index is 0.0653. The first-order valence-corrected chi connectivity index (χ1v) is 11.2. The molecule has 2 aromatic rings. The fraction of sp³-hybridized carbons (Fsp3) is 0.381. The Bertz CT molecular complexity index is 802. The van der Waals surface area contributed by atoms with E-state index >= 15 is 0 Å². The number of benzene rings is 2. The number of carbonyl (C=O) groups is 1. The molecule has 5 nitrogen and oxygen atoms in total. The van der Waals surface area contributed by atoms with Gasteiger partial charge in [-0.05, 0) is 55.5 Å². The van der Waals surface area contributed by atoms with Crippen molar-refractivity contribution in [2.45, 2.75) is 25.7 Å². The summed E-state index contributed by atoms with van der Waals surface area (Å²) in [6.07, 6.45) is 5.47. The number of hydrogen-bond donors (Lipinski definition) is 1. The van der Waals surface area contributed by atoms with Gasteiger partial charge in [0, 0.05) is 18.4 Å². The van der Waals surface area contributed by atoms with E-state index < -0.39 is 9.84 Å². The van der Waals surface area contributed by atoms with Gasteiger partial charge in [0.1, 0.15) is 15.6 Å². The van der Waals surface area contributed by atoms with Crippen LogP contribution in [0.15, 0.2) is 54.6 Å². The molecule has 0 heterocycles. The van der Waals surface area contributed by atoms with Crippen LogP contribution in [-0.2, 0) is 16.3 Å². The van der Waals surface area contributed by atoms with E-state index in [1.54, 1.807) is 24.3 Å². The molecule has 0 aliphatic heterocycles. The van der Waals surface area contributed by atoms with Gasteiger partial charge in [-0.3, -0.25) is 4.79 Å². The Balaban J connectivity index is 1.62. The largest absolute Gasteiger partial charge is 0.494 e. The summed E-state index contributed by atoms with van der Waals surface area (Å²) in [6, 6.07) is 17.3. The van der Waals surface area contributed by atoms with Gasteiger partial charge in [0.15, 0.2) is 0 Å². The van der Waals surface area contributed by atoms with E-state index in [9.17, 15) is 13.2 Å². The smallest absolute Gasteiger partial charge is 0.251 e. The van der Waals surface area contributed by atoms with Gasteiger partial charge in [-0.25, -0.2) is 8.42 Å². The van der Waals surface area contributed by atoms with E-state index in [0.717, 1.165) is 37.7 Å². The molecule has 27 heavy (non-hydrogen) atoms. The van der Waals surface area contributed by atoms with E-state index in [1.165, 1.54) is 5.56 Å². The lowest BCUT2D eigenvalue weighted by Gasteiger charge is -2.08. The highest BCUT2D eigenvalue weighted by Gasteiger charge is 2.07. The lowest BCUT2D eigenvalue weighted by atomic mass is 10.1. The molecular formula is C21H27NO4S. The molecule has 0 atom stereocenters. The normalized spacial score (nSPS) is 11.1. The number of aryl methyl sites for hydroxylation is 1. The average Bonchev–Trinajstić information content (AvgIpc) is 2.65. The Kier molecular flexibility index (Phi) is 8.33. The van der Waals surface area contributed by atoms with Crippen molar-refractivity contribution < 1.29 is 17.9 Å². The molecule has 0 bridgehead atoms. The minimum Gasteiger partial charge on any atom is -0.494 e. The van der Waals surface area contributed by atoms with Crippen LogP contribution >= 0.6 is 0 Å². The molecule has 0 radical (unpaired) electrons. The zero-order chi connectivity index (χ0) is 19.5. The predicted molar refractivity (Wildman–Crippen MR) is 108 cm³/mol. The monoisotopic (exact) mass is 389 g/mol. The molecular weight excluding hydrogens is 362 g/mol. The van der Waals surface area contributed by atoms with Crippen molar-refractivity contribution in [1.82, 2.24) is 5.32 Å². The van der Waals surface area contributed by atoms with Gasteiger partial charge in [0.05, 0.1) is 12.4 Å². The van der Waals surface area contributed by atoms with Crippen LogP contribution in [0.4, 0.5) is 0 Å². The SMILES string of the molecule is CS(=O)(=O)CCNC(=O)c1ccc(OCCCCCc2ccccc2)cc1. The third-order valence-corrected chi connectivity index (χ3v) is 5.04. The molecule has 0 aromatic heterocycles. The summed E-state index contributed by atoms with van der Waals surface area (Å²) < 4.78 is 27.8. The Morgan fingerprint density at radius 3 is 2.33 bits per heavy atom. The Hall–Kier alpha value is -2.34. The quantitative estimate of drug-likeness (QED) is 0.599. The van der Waals surface area contributed by atoms with E-state index in [0.29, 0.717) is 12.2 Å². The van der Waals surface area contributed by atoms with Crippen molar-refractivity contribution in [3.05, 3.63) is 65.7 Å². The summed E-state index contributed by atoms with van der Waals surface area (Å²) in [4.78, 5) is 11.9. The molecule has 0 saturated heterocycles. The molecule has 0 aliphatic rings. The van der Waals surface area contributed by atoms with Crippen LogP contribution in [0.1, 0.15) is 35.2 Å². The molecule has 0 saturated carbocycles. The van der Waals surface area contributed by atoms with Crippen molar-refractivity contribution in [2.24, 2.45) is 0 Å². The van der Waals surface area contributed by atoms with Crippen molar-refractivity contribution in [3.8, 4) is 5.75 Å². The maximum atomic E-state index is 11.9. The van der Waals surface area contributed by atoms with Crippen molar-refractivity contribution in [1.29, 1.82) is 0 Å². The van der Waals surface area contributed by atoms with E-state index in [4.69, 9.17) is 4.74 Å². The number of unbranched alkanes of at least 4 members (excludes halogenated alkanes) is 2. The van der Waals surface area contributed by atoms with Gasteiger partial charge in [-0.1, -0.05) is 30.3 Å². The van der Waals surface area contributed by atoms with Gasteiger partial charge >= 0.3 is 0 Å². The summed E-state index contributed by atoms with van der Waals surface area (Å²) in [5.74, 6) is 0.376. The predicted octanol–water partition coefficient (Wildman–Crippen LogP) is 3.25. The third kappa shape index (κ3) is 8.73. The molecule has 2 aromatic carbocycles. The zero-order valence-corrected chi connectivity index (χ0v) is 16.5. The summed E-state index contributed by atoms with van der Waals surface area (Å²) >= 11 is 0. The van der Waals surface area contributed by atoms with Crippen molar-refractivity contribution in [2.75, 3.05) is 25.2 Å². The van der Waals surface area contributed by atoms with E-state index in [-0.39, 0.29) is 18.2 Å². The number of rotatable bonds is 11. The molecule has 0 spiro atoms. The minimum atomic E-state index is -3.08. The lowest BCUT2D eigenvalue weighted by molar-refractivity contribution is 0.0956. The molecule has 0 unspecified atom stereocenters. The molecule has 2 rings (SSSR count). The Labute approximate surface area is 161 Å². The summed E-state index contributed by atoms with van der Waals surface area (Å²) in [7, 11) is -3.08. The first-order chi connectivity index (χ1) is 12.9. The maximum Gasteiger partial charge on any atom is 0.251 e. The van der Waals surface area contributed by atoms with Gasteiger partial charge in [-0.15, -0.1) is 0 Å². The second-order valence-electron chi connectivity index (χ2n) is 6.55. The highest BCUT2D eigenvalue weighted by atomic mass is 32.2. The summed E-state index contributed by atoms with van der Waals surface area (Å²) in [6.45, 7) is 0.758. The van der Waals surface area contributed by atoms with E-state index in [2.05, 4.69) is 29.6 Å². The van der Waals surface area contributed by atoms with Crippen LogP contribution in [0.25, 0.3) is 0 Å². The van der Waals surface area contributed by atoms with Crippen LogP contribution in [0.5, 0.6) is 5.75 Å². The molecule has 0 aliphatic carbocycles. The summed E-state index contributed by atoms with van der Waals surface area (Å²) in [5, 5.41) is 2.60. The number of sulfone groups is 1. The fourth-order valence-corrected chi connectivity index (χ4v) is 3.07. The molecule has 1 N–H and O–H groups in total. The second kappa shape index (κ2) is 10.7.